The zero-order valence-electron chi connectivity index (χ0n) is 19.1. The second-order valence-electron chi connectivity index (χ2n) is 8.81. The zero-order chi connectivity index (χ0) is 26.8. The molecule has 192 valence electrons. The fourth-order valence-electron chi connectivity index (χ4n) is 4.94. The molecule has 0 radical (unpaired) electrons. The summed E-state index contributed by atoms with van der Waals surface area (Å²) < 4.78 is 31.4. The number of carboxylic acids is 1. The maximum absolute atomic E-state index is 14.9. The van der Waals surface area contributed by atoms with Crippen LogP contribution < -0.4 is 4.73 Å². The van der Waals surface area contributed by atoms with Gasteiger partial charge >= 0.3 is 5.97 Å². The Kier molecular flexibility index (Phi) is 5.59. The number of pyridine rings is 1. The van der Waals surface area contributed by atoms with Crippen molar-refractivity contribution in [3.8, 4) is 16.8 Å². The Morgan fingerprint density at radius 1 is 1.26 bits per heavy atom. The quantitative estimate of drug-likeness (QED) is 0.216. The van der Waals surface area contributed by atoms with Gasteiger partial charge in [0.25, 0.3) is 0 Å². The van der Waals surface area contributed by atoms with Crippen molar-refractivity contribution >= 4 is 40.2 Å². The Morgan fingerprint density at radius 2 is 2.08 bits per heavy atom. The molecular formula is C24H15ClF2N6O4S. The number of aliphatic imine (C=N–C) groups is 1. The number of allylic oxidation sites excluding steroid dienone is 1. The van der Waals surface area contributed by atoms with E-state index in [9.17, 15) is 23.9 Å². The van der Waals surface area contributed by atoms with Crippen molar-refractivity contribution < 1.29 is 28.5 Å². The SMILES string of the molecule is O=C(O)c1scc(C2=C(F)N=C(C3(O)CCc4cc(-c5cc(Cl)ccc5-n5cnnn5)c[n+]([O-])c43)C2)c1F. The lowest BCUT2D eigenvalue weighted by Crippen LogP contribution is -2.45. The molecule has 0 amide bonds. The lowest BCUT2D eigenvalue weighted by Gasteiger charge is -2.22. The summed E-state index contributed by atoms with van der Waals surface area (Å²) in [5.74, 6) is -3.56. The third-order valence-electron chi connectivity index (χ3n) is 6.68. The number of benzene rings is 1. The smallest absolute Gasteiger partial charge is 0.348 e. The monoisotopic (exact) mass is 556 g/mol. The van der Waals surface area contributed by atoms with E-state index in [1.807, 2.05) is 0 Å². The van der Waals surface area contributed by atoms with Crippen LogP contribution in [0.15, 0.2) is 53.1 Å². The highest BCUT2D eigenvalue weighted by atomic mass is 35.5. The molecule has 10 nitrogen and oxygen atoms in total. The molecule has 4 aromatic rings. The van der Waals surface area contributed by atoms with E-state index < -0.39 is 28.2 Å². The number of halogens is 3. The number of fused-ring (bicyclic) bond motifs is 1. The normalized spacial score (nSPS) is 18.7. The van der Waals surface area contributed by atoms with Crippen LogP contribution in [0.4, 0.5) is 8.78 Å². The lowest BCUT2D eigenvalue weighted by atomic mass is 9.89. The molecule has 1 unspecified atom stereocenters. The molecule has 1 aromatic carbocycles. The molecule has 2 N–H and O–H groups in total. The van der Waals surface area contributed by atoms with Crippen LogP contribution >= 0.6 is 22.9 Å². The number of nitrogens with zero attached hydrogens (tertiary/aromatic N) is 6. The van der Waals surface area contributed by atoms with Crippen LogP contribution in [0.3, 0.4) is 0 Å². The first-order chi connectivity index (χ1) is 18.2. The number of carbonyl (C=O) groups is 1. The topological polar surface area (TPSA) is 140 Å². The molecule has 1 aliphatic carbocycles. The summed E-state index contributed by atoms with van der Waals surface area (Å²) in [7, 11) is 0. The molecule has 4 heterocycles. The largest absolute Gasteiger partial charge is 0.618 e. The van der Waals surface area contributed by atoms with E-state index >= 15 is 0 Å². The van der Waals surface area contributed by atoms with Gasteiger partial charge in [0.2, 0.25) is 11.6 Å². The van der Waals surface area contributed by atoms with E-state index in [4.69, 9.17) is 16.7 Å². The third-order valence-corrected chi connectivity index (χ3v) is 7.86. The van der Waals surface area contributed by atoms with Crippen LogP contribution in [0.1, 0.15) is 39.3 Å². The van der Waals surface area contributed by atoms with Crippen LogP contribution in [0.2, 0.25) is 5.02 Å². The van der Waals surface area contributed by atoms with Crippen LogP contribution in [0, 0.1) is 11.0 Å². The first-order valence-corrected chi connectivity index (χ1v) is 12.4. The minimum Gasteiger partial charge on any atom is -0.618 e. The molecule has 6 rings (SSSR count). The van der Waals surface area contributed by atoms with Crippen LogP contribution in [0.5, 0.6) is 0 Å². The van der Waals surface area contributed by atoms with Crippen LogP contribution in [-0.4, -0.2) is 42.1 Å². The Hall–Kier alpha value is -4.07. The number of aliphatic hydroxyl groups is 1. The minimum absolute atomic E-state index is 0.00272. The first-order valence-electron chi connectivity index (χ1n) is 11.2. The number of aromatic nitrogens is 5. The predicted molar refractivity (Wildman–Crippen MR) is 132 cm³/mol. The maximum Gasteiger partial charge on any atom is 0.348 e. The highest BCUT2D eigenvalue weighted by Crippen LogP contribution is 2.44. The second kappa shape index (κ2) is 8.75. The highest BCUT2D eigenvalue weighted by Gasteiger charge is 2.50. The third kappa shape index (κ3) is 3.69. The number of thiophene rings is 1. The van der Waals surface area contributed by atoms with Crippen LogP contribution in [-0.2, 0) is 12.0 Å². The lowest BCUT2D eigenvalue weighted by molar-refractivity contribution is -0.619. The Morgan fingerprint density at radius 3 is 2.79 bits per heavy atom. The van der Waals surface area contributed by atoms with Crippen molar-refractivity contribution in [3.05, 3.63) is 85.9 Å². The van der Waals surface area contributed by atoms with Crippen molar-refractivity contribution in [1.82, 2.24) is 20.2 Å². The average molecular weight is 557 g/mol. The van der Waals surface area contributed by atoms with Gasteiger partial charge in [0.15, 0.2) is 17.6 Å². The molecule has 38 heavy (non-hydrogen) atoms. The molecule has 0 spiro atoms. The summed E-state index contributed by atoms with van der Waals surface area (Å²) >= 11 is 6.86. The molecule has 2 aliphatic rings. The van der Waals surface area contributed by atoms with E-state index in [1.165, 1.54) is 22.6 Å². The summed E-state index contributed by atoms with van der Waals surface area (Å²) in [6.07, 6.45) is 2.72. The number of hydrogen-bond acceptors (Lipinski definition) is 8. The standard InChI is InChI=1S/C24H15ClF2N6O4S/c25-13-1-2-17(32-10-28-30-31-32)14(6-13)12-5-11-3-4-24(36,21(11)33(37)8-12)18-7-15(22(27)29-18)16-9-38-20(19(16)26)23(34)35/h1-2,5-6,8-10,36H,3-4,7H2,(H,34,35). The molecule has 0 bridgehead atoms. The van der Waals surface area contributed by atoms with Crippen molar-refractivity contribution in [1.29, 1.82) is 0 Å². The summed E-state index contributed by atoms with van der Waals surface area (Å²) in [5, 5.41) is 46.8. The highest BCUT2D eigenvalue weighted by molar-refractivity contribution is 7.12. The molecule has 1 atom stereocenters. The predicted octanol–water partition coefficient (Wildman–Crippen LogP) is 3.83. The Labute approximate surface area is 221 Å². The molecule has 0 saturated heterocycles. The Bertz CT molecular complexity index is 1700. The van der Waals surface area contributed by atoms with Gasteiger partial charge in [-0.15, -0.1) is 16.4 Å². The maximum atomic E-state index is 14.9. The van der Waals surface area contributed by atoms with E-state index in [-0.39, 0.29) is 41.8 Å². The van der Waals surface area contributed by atoms with Gasteiger partial charge in [-0.05, 0) is 47.5 Å². The summed E-state index contributed by atoms with van der Waals surface area (Å²) in [5.41, 5.74) is -0.203. The number of carboxylic acid groups (broad SMARTS) is 1. The fourth-order valence-corrected chi connectivity index (χ4v) is 5.91. The van der Waals surface area contributed by atoms with E-state index in [0.717, 1.165) is 0 Å². The number of aryl methyl sites for hydroxylation is 1. The molecular weight excluding hydrogens is 542 g/mol. The van der Waals surface area contributed by atoms with Gasteiger partial charge in [-0.3, -0.25) is 0 Å². The number of hydrogen-bond donors (Lipinski definition) is 2. The van der Waals surface area contributed by atoms with Crippen molar-refractivity contribution in [2.45, 2.75) is 24.9 Å². The molecule has 0 fully saturated rings. The molecule has 14 heteroatoms. The Balaban J connectivity index is 1.37. The summed E-state index contributed by atoms with van der Waals surface area (Å²) in [6.45, 7) is 0. The number of rotatable bonds is 5. The van der Waals surface area contributed by atoms with Gasteiger partial charge in [-0.25, -0.2) is 14.2 Å². The van der Waals surface area contributed by atoms with Gasteiger partial charge in [-0.2, -0.15) is 13.8 Å². The molecule has 1 aliphatic heterocycles. The molecule has 3 aromatic heterocycles. The first kappa shape index (κ1) is 24.3. The number of aromatic carboxylic acids is 1. The van der Waals surface area contributed by atoms with Gasteiger partial charge in [-0.1, -0.05) is 11.6 Å². The van der Waals surface area contributed by atoms with Crippen molar-refractivity contribution in [2.24, 2.45) is 4.99 Å². The van der Waals surface area contributed by atoms with Gasteiger partial charge in [0, 0.05) is 44.7 Å². The fraction of sp³-hybridized carbons (Fsp3) is 0.167. The summed E-state index contributed by atoms with van der Waals surface area (Å²) in [6, 6.07) is 6.76. The van der Waals surface area contributed by atoms with E-state index in [2.05, 4.69) is 20.5 Å². The van der Waals surface area contributed by atoms with Crippen LogP contribution in [0.25, 0.3) is 22.4 Å². The van der Waals surface area contributed by atoms with E-state index in [0.29, 0.717) is 43.5 Å². The molecule has 0 saturated carbocycles. The van der Waals surface area contributed by atoms with Gasteiger partial charge in [0.05, 0.1) is 11.4 Å². The van der Waals surface area contributed by atoms with Gasteiger partial charge in [0.1, 0.15) is 11.2 Å². The zero-order valence-corrected chi connectivity index (χ0v) is 20.7. The minimum atomic E-state index is -1.90. The number of tetrazole rings is 1. The summed E-state index contributed by atoms with van der Waals surface area (Å²) in [4.78, 5) is 14.5. The van der Waals surface area contributed by atoms with Crippen molar-refractivity contribution in [3.63, 3.8) is 0 Å². The second-order valence-corrected chi connectivity index (χ2v) is 10.1. The van der Waals surface area contributed by atoms with Gasteiger partial charge < -0.3 is 15.4 Å². The van der Waals surface area contributed by atoms with E-state index in [1.54, 1.807) is 24.3 Å². The average Bonchev–Trinajstić information content (AvgIpc) is 3.66. The van der Waals surface area contributed by atoms with Crippen molar-refractivity contribution in [2.75, 3.05) is 0 Å².